The minimum absolute atomic E-state index is 0.223. The summed E-state index contributed by atoms with van der Waals surface area (Å²) in [5.74, 6) is -1.13. The molecule has 1 unspecified atom stereocenters. The molecule has 0 aromatic heterocycles. The predicted molar refractivity (Wildman–Crippen MR) is 75.5 cm³/mol. The Hall–Kier alpha value is -0.880. The standard InChI is InChI=1S/C12H12Cl3NO4/c13-12(14,15)5-20-11(19)10-7-4-9(18)8(17)3-6(7)1-2-16-10/h3-4,10,16-18H,1-2,5H2. The lowest BCUT2D eigenvalue weighted by Gasteiger charge is -2.26. The van der Waals surface area contributed by atoms with Gasteiger partial charge in [0, 0.05) is 6.54 Å². The van der Waals surface area contributed by atoms with Crippen LogP contribution in [-0.2, 0) is 16.0 Å². The zero-order valence-electron chi connectivity index (χ0n) is 10.2. The summed E-state index contributed by atoms with van der Waals surface area (Å²) in [6, 6.07) is 2.00. The maximum absolute atomic E-state index is 12.0. The number of hydrogen-bond donors (Lipinski definition) is 3. The van der Waals surface area contributed by atoms with Crippen LogP contribution in [0, 0.1) is 0 Å². The first-order valence-corrected chi connectivity index (χ1v) is 6.93. The number of hydrogen-bond acceptors (Lipinski definition) is 5. The van der Waals surface area contributed by atoms with Crippen LogP contribution >= 0.6 is 34.8 Å². The van der Waals surface area contributed by atoms with E-state index in [4.69, 9.17) is 39.5 Å². The van der Waals surface area contributed by atoms with Gasteiger partial charge in [-0.1, -0.05) is 34.8 Å². The van der Waals surface area contributed by atoms with E-state index in [0.717, 1.165) is 5.56 Å². The third-order valence-electron chi connectivity index (χ3n) is 2.90. The molecule has 110 valence electrons. The largest absolute Gasteiger partial charge is 0.504 e. The van der Waals surface area contributed by atoms with Crippen LogP contribution in [0.25, 0.3) is 0 Å². The van der Waals surface area contributed by atoms with E-state index in [1.165, 1.54) is 12.1 Å². The number of carbonyl (C=O) groups is 1. The highest BCUT2D eigenvalue weighted by Gasteiger charge is 2.31. The highest BCUT2D eigenvalue weighted by molar-refractivity contribution is 6.67. The lowest BCUT2D eigenvalue weighted by atomic mass is 9.93. The van der Waals surface area contributed by atoms with Gasteiger partial charge in [0.05, 0.1) is 0 Å². The molecule has 1 aromatic carbocycles. The second-order valence-corrected chi connectivity index (χ2v) is 6.92. The van der Waals surface area contributed by atoms with Crippen molar-refractivity contribution in [3.63, 3.8) is 0 Å². The van der Waals surface area contributed by atoms with Gasteiger partial charge < -0.3 is 20.3 Å². The molecule has 3 N–H and O–H groups in total. The van der Waals surface area contributed by atoms with Crippen LogP contribution in [0.1, 0.15) is 17.2 Å². The highest BCUT2D eigenvalue weighted by Crippen LogP contribution is 2.34. The molecule has 1 aromatic rings. The topological polar surface area (TPSA) is 78.8 Å². The number of phenolic OH excluding ortho intramolecular Hbond substituents is 2. The van der Waals surface area contributed by atoms with Crippen LogP contribution in [-0.4, -0.2) is 33.1 Å². The molecule has 0 amide bonds. The van der Waals surface area contributed by atoms with Crippen molar-refractivity contribution in [1.29, 1.82) is 0 Å². The smallest absolute Gasteiger partial charge is 0.327 e. The van der Waals surface area contributed by atoms with E-state index in [9.17, 15) is 15.0 Å². The Balaban J connectivity index is 2.20. The van der Waals surface area contributed by atoms with Crippen molar-refractivity contribution in [3.8, 4) is 11.5 Å². The normalized spacial score (nSPS) is 18.4. The van der Waals surface area contributed by atoms with Crippen molar-refractivity contribution < 1.29 is 19.7 Å². The zero-order chi connectivity index (χ0) is 14.9. The van der Waals surface area contributed by atoms with Crippen LogP contribution in [0.3, 0.4) is 0 Å². The number of aromatic hydroxyl groups is 2. The van der Waals surface area contributed by atoms with Crippen LogP contribution in [0.15, 0.2) is 12.1 Å². The Morgan fingerprint density at radius 2 is 2.00 bits per heavy atom. The average molecular weight is 341 g/mol. The maximum Gasteiger partial charge on any atom is 0.327 e. The molecule has 0 fully saturated rings. The van der Waals surface area contributed by atoms with E-state index in [1.807, 2.05) is 0 Å². The highest BCUT2D eigenvalue weighted by atomic mass is 35.6. The second kappa shape index (κ2) is 5.85. The van der Waals surface area contributed by atoms with Gasteiger partial charge in [0.25, 0.3) is 0 Å². The number of alkyl halides is 3. The first-order valence-electron chi connectivity index (χ1n) is 5.79. The molecule has 1 heterocycles. The second-order valence-electron chi connectivity index (χ2n) is 4.40. The van der Waals surface area contributed by atoms with E-state index in [2.05, 4.69) is 5.32 Å². The average Bonchev–Trinajstić information content (AvgIpc) is 2.36. The fourth-order valence-electron chi connectivity index (χ4n) is 2.03. The number of phenols is 2. The molecule has 1 aliphatic rings. The van der Waals surface area contributed by atoms with Gasteiger partial charge in [0.2, 0.25) is 3.79 Å². The van der Waals surface area contributed by atoms with Gasteiger partial charge in [-0.2, -0.15) is 0 Å². The molecule has 1 aliphatic heterocycles. The van der Waals surface area contributed by atoms with Gasteiger partial charge in [-0.05, 0) is 29.7 Å². The summed E-state index contributed by atoms with van der Waals surface area (Å²) in [7, 11) is 0. The minimum Gasteiger partial charge on any atom is -0.504 e. The van der Waals surface area contributed by atoms with Gasteiger partial charge in [0.1, 0.15) is 12.6 Å². The molecule has 0 saturated carbocycles. The number of esters is 1. The Bertz CT molecular complexity index is 530. The SMILES string of the molecule is O=C(OCC(Cl)(Cl)Cl)C1NCCc2cc(O)c(O)cc21. The number of fused-ring (bicyclic) bond motifs is 1. The molecule has 0 spiro atoms. The van der Waals surface area contributed by atoms with Crippen LogP contribution in [0.4, 0.5) is 0 Å². The maximum atomic E-state index is 12.0. The van der Waals surface area contributed by atoms with Crippen molar-refractivity contribution in [2.75, 3.05) is 13.2 Å². The van der Waals surface area contributed by atoms with Gasteiger partial charge in [-0.25, -0.2) is 4.79 Å². The number of benzene rings is 1. The van der Waals surface area contributed by atoms with Gasteiger partial charge >= 0.3 is 5.97 Å². The van der Waals surface area contributed by atoms with Crippen molar-refractivity contribution >= 4 is 40.8 Å². The summed E-state index contributed by atoms with van der Waals surface area (Å²) in [5, 5.41) is 22.0. The van der Waals surface area contributed by atoms with Gasteiger partial charge in [0.15, 0.2) is 11.5 Å². The Labute approximate surface area is 130 Å². The number of halogens is 3. The van der Waals surface area contributed by atoms with Crippen LogP contribution < -0.4 is 5.32 Å². The number of nitrogens with one attached hydrogen (secondary N) is 1. The molecule has 0 bridgehead atoms. The summed E-state index contributed by atoms with van der Waals surface area (Å²) in [6.45, 7) is 0.166. The lowest BCUT2D eigenvalue weighted by molar-refractivity contribution is -0.146. The summed E-state index contributed by atoms with van der Waals surface area (Å²) < 4.78 is 3.26. The van der Waals surface area contributed by atoms with Crippen molar-refractivity contribution in [3.05, 3.63) is 23.3 Å². The molecule has 8 heteroatoms. The number of rotatable bonds is 2. The van der Waals surface area contributed by atoms with Crippen molar-refractivity contribution in [2.24, 2.45) is 0 Å². The zero-order valence-corrected chi connectivity index (χ0v) is 12.5. The Morgan fingerprint density at radius 1 is 1.35 bits per heavy atom. The van der Waals surface area contributed by atoms with E-state index in [-0.39, 0.29) is 18.1 Å². The fraction of sp³-hybridized carbons (Fsp3) is 0.417. The fourth-order valence-corrected chi connectivity index (χ4v) is 2.19. The molecule has 20 heavy (non-hydrogen) atoms. The van der Waals surface area contributed by atoms with Crippen molar-refractivity contribution in [2.45, 2.75) is 16.3 Å². The van der Waals surface area contributed by atoms with E-state index in [1.54, 1.807) is 0 Å². The number of carbonyl (C=O) groups excluding carboxylic acids is 1. The van der Waals surface area contributed by atoms with Crippen molar-refractivity contribution in [1.82, 2.24) is 5.32 Å². The van der Waals surface area contributed by atoms with Crippen LogP contribution in [0.5, 0.6) is 11.5 Å². The third kappa shape index (κ3) is 3.61. The van der Waals surface area contributed by atoms with E-state index >= 15 is 0 Å². The molecule has 5 nitrogen and oxygen atoms in total. The molecule has 0 aliphatic carbocycles. The third-order valence-corrected chi connectivity index (χ3v) is 3.23. The molecule has 1 atom stereocenters. The molecular weight excluding hydrogens is 328 g/mol. The molecular formula is C12H12Cl3NO4. The van der Waals surface area contributed by atoms with E-state index in [0.29, 0.717) is 18.5 Å². The van der Waals surface area contributed by atoms with Crippen LogP contribution in [0.2, 0.25) is 0 Å². The first kappa shape index (κ1) is 15.5. The molecule has 0 radical (unpaired) electrons. The molecule has 2 rings (SSSR count). The summed E-state index contributed by atoms with van der Waals surface area (Å²) >= 11 is 16.6. The Morgan fingerprint density at radius 3 is 2.65 bits per heavy atom. The summed E-state index contributed by atoms with van der Waals surface area (Å²) in [5.41, 5.74) is 1.30. The number of ether oxygens (including phenoxy) is 1. The van der Waals surface area contributed by atoms with E-state index < -0.39 is 15.8 Å². The predicted octanol–water partition coefficient (Wildman–Crippen LogP) is 2.20. The van der Waals surface area contributed by atoms with Gasteiger partial charge in [-0.3, -0.25) is 0 Å². The minimum atomic E-state index is -1.68. The first-order chi connectivity index (χ1) is 9.28. The lowest BCUT2D eigenvalue weighted by Crippen LogP contribution is -2.37. The summed E-state index contributed by atoms with van der Waals surface area (Å²) in [4.78, 5) is 12.0. The Kier molecular flexibility index (Phi) is 4.54. The summed E-state index contributed by atoms with van der Waals surface area (Å²) in [6.07, 6.45) is 0.622. The quantitative estimate of drug-likeness (QED) is 0.437. The van der Waals surface area contributed by atoms with Gasteiger partial charge in [-0.15, -0.1) is 0 Å². The monoisotopic (exact) mass is 339 g/mol. The molecule has 0 saturated heterocycles.